The molecule has 0 saturated heterocycles. The molecule has 134 valence electrons. The number of aryl methyl sites for hydroxylation is 2. The second-order valence-corrected chi connectivity index (χ2v) is 6.65. The van der Waals surface area contributed by atoms with Crippen LogP contribution in [0.1, 0.15) is 64.7 Å². The van der Waals surface area contributed by atoms with E-state index in [2.05, 4.69) is 11.9 Å². The highest BCUT2D eigenvalue weighted by molar-refractivity contribution is 5.69. The first kappa shape index (κ1) is 18.5. The van der Waals surface area contributed by atoms with Gasteiger partial charge in [0.05, 0.1) is 6.33 Å². The van der Waals surface area contributed by atoms with Crippen LogP contribution in [0, 0.1) is 0 Å². The summed E-state index contributed by atoms with van der Waals surface area (Å²) in [5.74, 6) is 0. The van der Waals surface area contributed by atoms with Gasteiger partial charge in [-0.1, -0.05) is 58.3 Å². The van der Waals surface area contributed by atoms with Gasteiger partial charge in [-0.3, -0.25) is 13.9 Å². The Morgan fingerprint density at radius 3 is 2.12 bits per heavy atom. The minimum absolute atomic E-state index is 0.229. The molecule has 2 aromatic heterocycles. The molecule has 0 fully saturated rings. The molecule has 0 bridgehead atoms. The van der Waals surface area contributed by atoms with Gasteiger partial charge < -0.3 is 4.57 Å². The molecule has 0 aliphatic carbocycles. The predicted molar refractivity (Wildman–Crippen MR) is 97.4 cm³/mol. The predicted octanol–water partition coefficient (Wildman–Crippen LogP) is 2.96. The van der Waals surface area contributed by atoms with E-state index in [9.17, 15) is 9.59 Å². The van der Waals surface area contributed by atoms with E-state index in [1.165, 1.54) is 54.1 Å². The summed E-state index contributed by atoms with van der Waals surface area (Å²) in [7, 11) is 3.45. The summed E-state index contributed by atoms with van der Waals surface area (Å²) in [6.07, 6.45) is 12.5. The molecule has 0 unspecified atom stereocenters. The molecule has 0 saturated carbocycles. The summed E-state index contributed by atoms with van der Waals surface area (Å²) in [6, 6.07) is 0. The highest BCUT2D eigenvalue weighted by Crippen LogP contribution is 2.10. The molecular formula is C18H30N4O2. The van der Waals surface area contributed by atoms with Crippen LogP contribution in [-0.2, 0) is 20.6 Å². The van der Waals surface area contributed by atoms with Gasteiger partial charge in [0.25, 0.3) is 5.56 Å². The first-order valence-electron chi connectivity index (χ1n) is 9.18. The van der Waals surface area contributed by atoms with Crippen LogP contribution in [0.3, 0.4) is 0 Å². The third-order valence-corrected chi connectivity index (χ3v) is 4.69. The number of nitrogens with zero attached hydrogens (tertiary/aromatic N) is 4. The quantitative estimate of drug-likeness (QED) is 0.628. The van der Waals surface area contributed by atoms with Crippen molar-refractivity contribution in [3.63, 3.8) is 0 Å². The van der Waals surface area contributed by atoms with E-state index in [-0.39, 0.29) is 11.2 Å². The maximum atomic E-state index is 12.5. The van der Waals surface area contributed by atoms with Gasteiger partial charge in [-0.15, -0.1) is 0 Å². The Kier molecular flexibility index (Phi) is 6.82. The highest BCUT2D eigenvalue weighted by atomic mass is 16.2. The van der Waals surface area contributed by atoms with Crippen LogP contribution >= 0.6 is 0 Å². The van der Waals surface area contributed by atoms with Crippen LogP contribution in [0.15, 0.2) is 15.9 Å². The average molecular weight is 334 g/mol. The third kappa shape index (κ3) is 4.16. The highest BCUT2D eigenvalue weighted by Gasteiger charge is 2.14. The summed E-state index contributed by atoms with van der Waals surface area (Å²) < 4.78 is 4.50. The second-order valence-electron chi connectivity index (χ2n) is 6.65. The molecule has 6 heteroatoms. The standard InChI is InChI=1S/C18H30N4O2/c1-4-5-6-7-8-9-10-11-12-13-22-17(23)15-16(19-14-20(15)2)21(3)18(22)24/h14H,4-13H2,1-3H3. The minimum atomic E-state index is -0.272. The number of fused-ring (bicyclic) bond motifs is 1. The second kappa shape index (κ2) is 8.85. The molecule has 2 aromatic rings. The van der Waals surface area contributed by atoms with E-state index in [4.69, 9.17) is 0 Å². The summed E-state index contributed by atoms with van der Waals surface area (Å²) in [4.78, 5) is 29.0. The van der Waals surface area contributed by atoms with Gasteiger partial charge in [-0.05, 0) is 6.42 Å². The molecule has 0 amide bonds. The third-order valence-electron chi connectivity index (χ3n) is 4.69. The Balaban J connectivity index is 1.88. The van der Waals surface area contributed by atoms with Crippen LogP contribution in [0.5, 0.6) is 0 Å². The monoisotopic (exact) mass is 334 g/mol. The van der Waals surface area contributed by atoms with E-state index >= 15 is 0 Å². The van der Waals surface area contributed by atoms with Crippen molar-refractivity contribution in [2.45, 2.75) is 71.3 Å². The van der Waals surface area contributed by atoms with Crippen LogP contribution < -0.4 is 11.2 Å². The first-order chi connectivity index (χ1) is 11.6. The molecule has 0 aliphatic rings. The van der Waals surface area contributed by atoms with Crippen LogP contribution in [0.25, 0.3) is 11.2 Å². The Morgan fingerprint density at radius 2 is 1.50 bits per heavy atom. The fourth-order valence-corrected chi connectivity index (χ4v) is 3.17. The van der Waals surface area contributed by atoms with Gasteiger partial charge in [0.2, 0.25) is 0 Å². The molecule has 0 N–H and O–H groups in total. The number of aromatic nitrogens is 4. The molecule has 2 heterocycles. The van der Waals surface area contributed by atoms with Crippen LogP contribution in [0.4, 0.5) is 0 Å². The lowest BCUT2D eigenvalue weighted by Gasteiger charge is -2.08. The van der Waals surface area contributed by atoms with Gasteiger partial charge in [0.1, 0.15) is 0 Å². The zero-order valence-corrected chi connectivity index (χ0v) is 15.3. The molecule has 0 radical (unpaired) electrons. The summed E-state index contributed by atoms with van der Waals surface area (Å²) in [5, 5.41) is 0. The van der Waals surface area contributed by atoms with Gasteiger partial charge in [0.15, 0.2) is 11.2 Å². The summed E-state index contributed by atoms with van der Waals surface area (Å²) in [5.41, 5.74) is 0.447. The number of unbranched alkanes of at least 4 members (excludes halogenated alkanes) is 8. The molecule has 0 aliphatic heterocycles. The van der Waals surface area contributed by atoms with Crippen molar-refractivity contribution >= 4 is 11.2 Å². The Morgan fingerprint density at radius 1 is 0.917 bits per heavy atom. The lowest BCUT2D eigenvalue weighted by atomic mass is 10.1. The van der Waals surface area contributed by atoms with Gasteiger partial charge >= 0.3 is 5.69 Å². The van der Waals surface area contributed by atoms with Crippen molar-refractivity contribution < 1.29 is 0 Å². The van der Waals surface area contributed by atoms with Crippen LogP contribution in [0.2, 0.25) is 0 Å². The fraction of sp³-hybridized carbons (Fsp3) is 0.722. The largest absolute Gasteiger partial charge is 0.332 e. The number of hydrogen-bond acceptors (Lipinski definition) is 3. The van der Waals surface area contributed by atoms with E-state index in [1.807, 2.05) is 0 Å². The zero-order chi connectivity index (χ0) is 17.5. The van der Waals surface area contributed by atoms with Crippen molar-refractivity contribution in [1.82, 2.24) is 18.7 Å². The summed E-state index contributed by atoms with van der Waals surface area (Å²) in [6.45, 7) is 2.72. The first-order valence-corrected chi connectivity index (χ1v) is 9.18. The van der Waals surface area contributed by atoms with Crippen molar-refractivity contribution in [2.24, 2.45) is 14.1 Å². The van der Waals surface area contributed by atoms with E-state index in [1.54, 1.807) is 25.0 Å². The lowest BCUT2D eigenvalue weighted by Crippen LogP contribution is -2.39. The molecule has 6 nitrogen and oxygen atoms in total. The SMILES string of the molecule is CCCCCCCCCCCn1c(=O)c2c(ncn2C)n(C)c1=O. The smallest absolute Gasteiger partial charge is 0.328 e. The number of rotatable bonds is 10. The lowest BCUT2D eigenvalue weighted by molar-refractivity contribution is 0.517. The number of hydrogen-bond donors (Lipinski definition) is 0. The topological polar surface area (TPSA) is 61.8 Å². The Labute approximate surface area is 143 Å². The maximum Gasteiger partial charge on any atom is 0.332 e. The van der Waals surface area contributed by atoms with Gasteiger partial charge in [-0.2, -0.15) is 0 Å². The van der Waals surface area contributed by atoms with Crippen molar-refractivity contribution in [3.8, 4) is 0 Å². The van der Waals surface area contributed by atoms with E-state index < -0.39 is 0 Å². The molecule has 2 rings (SSSR count). The minimum Gasteiger partial charge on any atom is -0.328 e. The van der Waals surface area contributed by atoms with Crippen molar-refractivity contribution in [3.05, 3.63) is 27.2 Å². The maximum absolute atomic E-state index is 12.5. The zero-order valence-electron chi connectivity index (χ0n) is 15.3. The van der Waals surface area contributed by atoms with Gasteiger partial charge in [-0.25, -0.2) is 9.78 Å². The molecule has 0 spiro atoms. The van der Waals surface area contributed by atoms with E-state index in [0.717, 1.165) is 12.8 Å². The fourth-order valence-electron chi connectivity index (χ4n) is 3.17. The normalized spacial score (nSPS) is 11.5. The molecule has 0 aromatic carbocycles. The van der Waals surface area contributed by atoms with Crippen molar-refractivity contribution in [1.29, 1.82) is 0 Å². The molecular weight excluding hydrogens is 304 g/mol. The molecule has 24 heavy (non-hydrogen) atoms. The average Bonchev–Trinajstić information content (AvgIpc) is 2.96. The van der Waals surface area contributed by atoms with Crippen molar-refractivity contribution in [2.75, 3.05) is 0 Å². The Bertz CT molecular complexity index is 770. The van der Waals surface area contributed by atoms with E-state index in [0.29, 0.717) is 17.7 Å². The van der Waals surface area contributed by atoms with Gasteiger partial charge in [0, 0.05) is 20.6 Å². The van der Waals surface area contributed by atoms with Crippen LogP contribution in [-0.4, -0.2) is 18.7 Å². The Hall–Kier alpha value is -1.85. The summed E-state index contributed by atoms with van der Waals surface area (Å²) >= 11 is 0. The molecule has 0 atom stereocenters. The number of imidazole rings is 1.